The lowest BCUT2D eigenvalue weighted by atomic mass is 9.92. The first-order valence-electron chi connectivity index (χ1n) is 6.97. The normalized spacial score (nSPS) is 10.5. The van der Waals surface area contributed by atoms with Gasteiger partial charge in [0.05, 0.1) is 11.1 Å². The van der Waals surface area contributed by atoms with Crippen LogP contribution < -0.4 is 0 Å². The monoisotopic (exact) mass is 348 g/mol. The van der Waals surface area contributed by atoms with E-state index in [4.69, 9.17) is 0 Å². The van der Waals surface area contributed by atoms with Crippen molar-refractivity contribution in [3.05, 3.63) is 58.7 Å². The summed E-state index contributed by atoms with van der Waals surface area (Å²) < 4.78 is 0. The number of aryl methyl sites for hydroxylation is 1. The number of aromatic carboxylic acids is 2. The van der Waals surface area contributed by atoms with Crippen molar-refractivity contribution >= 4 is 34.4 Å². The van der Waals surface area contributed by atoms with Crippen molar-refractivity contribution in [2.24, 2.45) is 0 Å². The van der Waals surface area contributed by atoms with Gasteiger partial charge < -0.3 is 10.2 Å². The molecule has 0 aliphatic carbocycles. The number of rotatable bonds is 6. The molecule has 6 heteroatoms. The van der Waals surface area contributed by atoms with Gasteiger partial charge in [-0.3, -0.25) is 0 Å². The Bertz CT molecular complexity index is 756. The summed E-state index contributed by atoms with van der Waals surface area (Å²) in [4.78, 5) is 22.8. The molecule has 2 aromatic carbocycles. The molecule has 0 saturated heterocycles. The van der Waals surface area contributed by atoms with Crippen molar-refractivity contribution in [2.45, 2.75) is 19.1 Å². The second kappa shape index (κ2) is 7.57. The third-order valence-corrected chi connectivity index (χ3v) is 4.42. The lowest BCUT2D eigenvalue weighted by molar-refractivity contribution is 0.0687. The van der Waals surface area contributed by atoms with Crippen LogP contribution in [0.3, 0.4) is 0 Å². The predicted molar refractivity (Wildman–Crippen MR) is 95.5 cm³/mol. The fourth-order valence-electron chi connectivity index (χ4n) is 2.38. The number of carbonyl (C=O) groups is 2. The van der Waals surface area contributed by atoms with Crippen LogP contribution in [0.15, 0.2) is 36.4 Å². The molecule has 0 unspecified atom stereocenters. The summed E-state index contributed by atoms with van der Waals surface area (Å²) in [7, 11) is 1.30. The van der Waals surface area contributed by atoms with E-state index < -0.39 is 11.9 Å². The largest absolute Gasteiger partial charge is 0.478 e. The van der Waals surface area contributed by atoms with Gasteiger partial charge in [-0.2, -0.15) is 0 Å². The van der Waals surface area contributed by atoms with E-state index in [1.807, 2.05) is 13.0 Å². The van der Waals surface area contributed by atoms with Crippen molar-refractivity contribution < 1.29 is 19.8 Å². The fraction of sp³-hybridized carbons (Fsp3) is 0.176. The Kier molecular flexibility index (Phi) is 5.74. The Morgan fingerprint density at radius 3 is 2.35 bits per heavy atom. The van der Waals surface area contributed by atoms with E-state index in [9.17, 15) is 19.8 Å². The molecule has 4 nitrogen and oxygen atoms in total. The predicted octanol–water partition coefficient (Wildman–Crippen LogP) is 4.39. The summed E-state index contributed by atoms with van der Waals surface area (Å²) in [6, 6.07) is 9.93. The number of hydrogen-bond acceptors (Lipinski definition) is 4. The SMILES string of the molecule is CCc1ccc(C(=O)O)c(-c2cc(C(=O)O)ccc2CSS)c1. The maximum Gasteiger partial charge on any atom is 0.336 e. The van der Waals surface area contributed by atoms with E-state index in [1.54, 1.807) is 18.2 Å². The molecule has 0 spiro atoms. The molecule has 0 amide bonds. The number of hydrogen-bond donors (Lipinski definition) is 3. The topological polar surface area (TPSA) is 74.6 Å². The highest BCUT2D eigenvalue weighted by molar-refractivity contribution is 8.68. The molecular weight excluding hydrogens is 332 g/mol. The summed E-state index contributed by atoms with van der Waals surface area (Å²) in [6.07, 6.45) is 0.766. The van der Waals surface area contributed by atoms with E-state index >= 15 is 0 Å². The number of benzene rings is 2. The maximum atomic E-state index is 11.5. The van der Waals surface area contributed by atoms with Gasteiger partial charge in [0.25, 0.3) is 0 Å². The van der Waals surface area contributed by atoms with Crippen molar-refractivity contribution in [1.82, 2.24) is 0 Å². The lowest BCUT2D eigenvalue weighted by Crippen LogP contribution is -2.04. The van der Waals surface area contributed by atoms with Crippen LogP contribution in [0.4, 0.5) is 0 Å². The van der Waals surface area contributed by atoms with E-state index in [0.717, 1.165) is 17.5 Å². The number of carboxylic acids is 2. The summed E-state index contributed by atoms with van der Waals surface area (Å²) >= 11 is 4.15. The van der Waals surface area contributed by atoms with Gasteiger partial charge in [-0.05, 0) is 46.9 Å². The van der Waals surface area contributed by atoms with E-state index in [1.165, 1.54) is 22.9 Å². The highest BCUT2D eigenvalue weighted by Crippen LogP contribution is 2.32. The zero-order chi connectivity index (χ0) is 17.0. The lowest BCUT2D eigenvalue weighted by Gasteiger charge is -2.14. The van der Waals surface area contributed by atoms with Crippen LogP contribution in [-0.2, 0) is 12.2 Å². The van der Waals surface area contributed by atoms with Gasteiger partial charge in [0, 0.05) is 5.75 Å². The second-order valence-corrected chi connectivity index (χ2v) is 6.31. The summed E-state index contributed by atoms with van der Waals surface area (Å²) in [5, 5.41) is 18.7. The standard InChI is InChI=1S/C17H16O4S2/c1-2-10-3-6-13(17(20)21)15(7-10)14-8-11(16(18)19)4-5-12(14)9-23-22/h3-8,22H,2,9H2,1H3,(H,18,19)(H,20,21). The molecule has 2 rings (SSSR count). The van der Waals surface area contributed by atoms with Gasteiger partial charge in [0.1, 0.15) is 0 Å². The summed E-state index contributed by atoms with van der Waals surface area (Å²) in [6.45, 7) is 1.98. The minimum Gasteiger partial charge on any atom is -0.478 e. The highest BCUT2D eigenvalue weighted by Gasteiger charge is 2.17. The molecule has 0 bridgehead atoms. The Morgan fingerprint density at radius 2 is 1.78 bits per heavy atom. The van der Waals surface area contributed by atoms with Crippen LogP contribution in [-0.4, -0.2) is 22.2 Å². The highest BCUT2D eigenvalue weighted by atomic mass is 33.1. The third-order valence-electron chi connectivity index (χ3n) is 3.59. The van der Waals surface area contributed by atoms with Gasteiger partial charge >= 0.3 is 11.9 Å². The number of carboxylic acid groups (broad SMARTS) is 2. The molecule has 23 heavy (non-hydrogen) atoms. The van der Waals surface area contributed by atoms with Crippen molar-refractivity contribution in [2.75, 3.05) is 0 Å². The molecule has 0 fully saturated rings. The van der Waals surface area contributed by atoms with E-state index in [-0.39, 0.29) is 11.1 Å². The molecule has 0 aliphatic heterocycles. The first-order chi connectivity index (χ1) is 11.0. The van der Waals surface area contributed by atoms with Gasteiger partial charge in [-0.15, -0.1) is 11.7 Å². The Morgan fingerprint density at radius 1 is 1.04 bits per heavy atom. The van der Waals surface area contributed by atoms with Crippen LogP contribution in [0.1, 0.15) is 38.8 Å². The van der Waals surface area contributed by atoms with Crippen LogP contribution in [0.5, 0.6) is 0 Å². The maximum absolute atomic E-state index is 11.5. The molecule has 0 atom stereocenters. The van der Waals surface area contributed by atoms with Crippen molar-refractivity contribution in [3.8, 4) is 11.1 Å². The minimum absolute atomic E-state index is 0.131. The first kappa shape index (κ1) is 17.4. The fourth-order valence-corrected chi connectivity index (χ4v) is 3.18. The van der Waals surface area contributed by atoms with Crippen LogP contribution in [0.25, 0.3) is 11.1 Å². The van der Waals surface area contributed by atoms with Gasteiger partial charge in [0.15, 0.2) is 0 Å². The average Bonchev–Trinajstić information content (AvgIpc) is 2.54. The Balaban J connectivity index is 2.74. The van der Waals surface area contributed by atoms with Gasteiger partial charge in [0.2, 0.25) is 0 Å². The molecule has 0 aliphatic rings. The van der Waals surface area contributed by atoms with Crippen LogP contribution in [0, 0.1) is 0 Å². The minimum atomic E-state index is -1.04. The van der Waals surface area contributed by atoms with Crippen molar-refractivity contribution in [1.29, 1.82) is 0 Å². The molecule has 0 saturated carbocycles. The van der Waals surface area contributed by atoms with Crippen LogP contribution in [0.2, 0.25) is 0 Å². The number of thiol groups is 1. The molecule has 2 N–H and O–H groups in total. The quantitative estimate of drug-likeness (QED) is 0.533. The molecule has 120 valence electrons. The van der Waals surface area contributed by atoms with E-state index in [2.05, 4.69) is 11.7 Å². The Hall–Kier alpha value is -1.92. The van der Waals surface area contributed by atoms with Gasteiger partial charge in [-0.25, -0.2) is 9.59 Å². The first-order valence-corrected chi connectivity index (χ1v) is 9.00. The van der Waals surface area contributed by atoms with E-state index in [0.29, 0.717) is 16.9 Å². The second-order valence-electron chi connectivity index (χ2n) is 4.99. The smallest absolute Gasteiger partial charge is 0.336 e. The van der Waals surface area contributed by atoms with Gasteiger partial charge in [-0.1, -0.05) is 35.9 Å². The van der Waals surface area contributed by atoms with Crippen LogP contribution >= 0.6 is 22.5 Å². The molecule has 0 heterocycles. The summed E-state index contributed by atoms with van der Waals surface area (Å²) in [5.41, 5.74) is 3.30. The zero-order valence-corrected chi connectivity index (χ0v) is 14.2. The Labute approximate surface area is 143 Å². The summed E-state index contributed by atoms with van der Waals surface area (Å²) in [5.74, 6) is -1.53. The molecule has 0 radical (unpaired) electrons. The van der Waals surface area contributed by atoms with Crippen molar-refractivity contribution in [3.63, 3.8) is 0 Å². The molecular formula is C17H16O4S2. The third kappa shape index (κ3) is 3.89. The molecule has 0 aromatic heterocycles. The zero-order valence-electron chi connectivity index (χ0n) is 12.4. The average molecular weight is 348 g/mol. The molecule has 2 aromatic rings.